The van der Waals surface area contributed by atoms with Gasteiger partial charge in [0.1, 0.15) is 5.75 Å². The molecular weight excluding hydrogens is 332 g/mol. The zero-order chi connectivity index (χ0) is 18.4. The molecule has 1 N–H and O–H groups in total. The highest BCUT2D eigenvalue weighted by Crippen LogP contribution is 2.17. The van der Waals surface area contributed by atoms with E-state index in [0.29, 0.717) is 55.5 Å². The fraction of sp³-hybridized carbons (Fsp3) is 0.300. The SMILES string of the molecule is CCOc1cccc(C(=O)Nc2ccc(C(=O)N3CCOCC3)cc2)c1. The lowest BCUT2D eigenvalue weighted by molar-refractivity contribution is 0.0303. The van der Waals surface area contributed by atoms with E-state index < -0.39 is 0 Å². The standard InChI is InChI=1S/C20H22N2O4/c1-2-26-18-5-3-4-16(14-18)19(23)21-17-8-6-15(7-9-17)20(24)22-10-12-25-13-11-22/h3-9,14H,2,10-13H2,1H3,(H,21,23). The summed E-state index contributed by atoms with van der Waals surface area (Å²) in [5, 5.41) is 2.83. The highest BCUT2D eigenvalue weighted by atomic mass is 16.5. The van der Waals surface area contributed by atoms with Gasteiger partial charge in [0.25, 0.3) is 11.8 Å². The number of amides is 2. The highest BCUT2D eigenvalue weighted by molar-refractivity contribution is 6.04. The van der Waals surface area contributed by atoms with Gasteiger partial charge in [0.15, 0.2) is 0 Å². The van der Waals surface area contributed by atoms with Crippen molar-refractivity contribution in [1.82, 2.24) is 4.90 Å². The quantitative estimate of drug-likeness (QED) is 0.897. The van der Waals surface area contributed by atoms with Crippen molar-refractivity contribution in [2.45, 2.75) is 6.92 Å². The summed E-state index contributed by atoms with van der Waals surface area (Å²) in [5.41, 5.74) is 1.75. The van der Waals surface area contributed by atoms with E-state index in [9.17, 15) is 9.59 Å². The summed E-state index contributed by atoms with van der Waals surface area (Å²) in [5.74, 6) is 0.418. The molecule has 6 nitrogen and oxygen atoms in total. The molecule has 2 aromatic carbocycles. The van der Waals surface area contributed by atoms with E-state index in [-0.39, 0.29) is 11.8 Å². The lowest BCUT2D eigenvalue weighted by Crippen LogP contribution is -2.40. The topological polar surface area (TPSA) is 67.9 Å². The van der Waals surface area contributed by atoms with Crippen LogP contribution in [0, 0.1) is 0 Å². The van der Waals surface area contributed by atoms with Gasteiger partial charge in [-0.3, -0.25) is 9.59 Å². The number of hydrogen-bond donors (Lipinski definition) is 1. The second-order valence-corrected chi connectivity index (χ2v) is 5.90. The van der Waals surface area contributed by atoms with Gasteiger partial charge in [-0.1, -0.05) is 6.07 Å². The molecule has 1 aliphatic heterocycles. The van der Waals surface area contributed by atoms with Crippen LogP contribution in [0.15, 0.2) is 48.5 Å². The number of ether oxygens (including phenoxy) is 2. The van der Waals surface area contributed by atoms with Gasteiger partial charge in [-0.05, 0) is 49.4 Å². The molecule has 0 bridgehead atoms. The van der Waals surface area contributed by atoms with Crippen LogP contribution in [0.2, 0.25) is 0 Å². The Labute approximate surface area is 152 Å². The summed E-state index contributed by atoms with van der Waals surface area (Å²) in [6, 6.07) is 13.9. The Kier molecular flexibility index (Phi) is 5.86. The zero-order valence-corrected chi connectivity index (χ0v) is 14.7. The van der Waals surface area contributed by atoms with E-state index in [1.54, 1.807) is 47.4 Å². The number of anilines is 1. The maximum atomic E-state index is 12.4. The minimum Gasteiger partial charge on any atom is -0.494 e. The van der Waals surface area contributed by atoms with Crippen LogP contribution < -0.4 is 10.1 Å². The molecule has 1 saturated heterocycles. The van der Waals surface area contributed by atoms with Gasteiger partial charge in [0, 0.05) is 29.9 Å². The van der Waals surface area contributed by atoms with Crippen LogP contribution in [-0.2, 0) is 4.74 Å². The third kappa shape index (κ3) is 4.40. The van der Waals surface area contributed by atoms with Crippen LogP contribution in [0.25, 0.3) is 0 Å². The normalized spacial score (nSPS) is 14.0. The Morgan fingerprint density at radius 3 is 2.50 bits per heavy atom. The lowest BCUT2D eigenvalue weighted by Gasteiger charge is -2.26. The summed E-state index contributed by atoms with van der Waals surface area (Å²) in [7, 11) is 0. The second-order valence-electron chi connectivity index (χ2n) is 5.90. The largest absolute Gasteiger partial charge is 0.494 e. The fourth-order valence-electron chi connectivity index (χ4n) is 2.74. The second kappa shape index (κ2) is 8.49. The Morgan fingerprint density at radius 1 is 1.08 bits per heavy atom. The first-order valence-electron chi connectivity index (χ1n) is 8.68. The molecule has 0 aromatic heterocycles. The molecule has 3 rings (SSSR count). The highest BCUT2D eigenvalue weighted by Gasteiger charge is 2.18. The van der Waals surface area contributed by atoms with Gasteiger partial charge in [0.2, 0.25) is 0 Å². The van der Waals surface area contributed by atoms with Gasteiger partial charge in [-0.15, -0.1) is 0 Å². The minimum atomic E-state index is -0.223. The van der Waals surface area contributed by atoms with Crippen LogP contribution >= 0.6 is 0 Å². The average molecular weight is 354 g/mol. The van der Waals surface area contributed by atoms with Gasteiger partial charge in [-0.2, -0.15) is 0 Å². The lowest BCUT2D eigenvalue weighted by atomic mass is 10.1. The van der Waals surface area contributed by atoms with Crippen LogP contribution in [0.3, 0.4) is 0 Å². The smallest absolute Gasteiger partial charge is 0.255 e. The Morgan fingerprint density at radius 2 is 1.81 bits per heavy atom. The molecule has 136 valence electrons. The third-order valence-electron chi connectivity index (χ3n) is 4.10. The van der Waals surface area contributed by atoms with Crippen LogP contribution in [-0.4, -0.2) is 49.6 Å². The molecule has 0 radical (unpaired) electrons. The van der Waals surface area contributed by atoms with Crippen molar-refractivity contribution < 1.29 is 19.1 Å². The number of carbonyl (C=O) groups excluding carboxylic acids is 2. The first-order chi connectivity index (χ1) is 12.7. The van der Waals surface area contributed by atoms with E-state index in [1.807, 2.05) is 13.0 Å². The first-order valence-corrected chi connectivity index (χ1v) is 8.68. The summed E-state index contributed by atoms with van der Waals surface area (Å²) in [6.07, 6.45) is 0. The maximum absolute atomic E-state index is 12.4. The van der Waals surface area contributed by atoms with Crippen LogP contribution in [0.1, 0.15) is 27.6 Å². The third-order valence-corrected chi connectivity index (χ3v) is 4.10. The van der Waals surface area contributed by atoms with E-state index in [1.165, 1.54) is 0 Å². The molecule has 26 heavy (non-hydrogen) atoms. The first kappa shape index (κ1) is 17.9. The van der Waals surface area contributed by atoms with Crippen molar-refractivity contribution in [3.63, 3.8) is 0 Å². The van der Waals surface area contributed by atoms with E-state index >= 15 is 0 Å². The zero-order valence-electron chi connectivity index (χ0n) is 14.7. The molecule has 0 atom stereocenters. The summed E-state index contributed by atoms with van der Waals surface area (Å²) < 4.78 is 10.7. The number of hydrogen-bond acceptors (Lipinski definition) is 4. The molecule has 6 heteroatoms. The van der Waals surface area contributed by atoms with Gasteiger partial charge >= 0.3 is 0 Å². The van der Waals surface area contributed by atoms with Gasteiger partial charge in [-0.25, -0.2) is 0 Å². The molecule has 0 unspecified atom stereocenters. The maximum Gasteiger partial charge on any atom is 0.255 e. The number of nitrogens with one attached hydrogen (secondary N) is 1. The van der Waals surface area contributed by atoms with E-state index in [4.69, 9.17) is 9.47 Å². The summed E-state index contributed by atoms with van der Waals surface area (Å²) in [6.45, 7) is 4.79. The summed E-state index contributed by atoms with van der Waals surface area (Å²) in [4.78, 5) is 26.6. The molecular formula is C20H22N2O4. The Balaban J connectivity index is 1.64. The number of morpholine rings is 1. The fourth-order valence-corrected chi connectivity index (χ4v) is 2.74. The molecule has 1 fully saturated rings. The average Bonchev–Trinajstić information content (AvgIpc) is 2.69. The minimum absolute atomic E-state index is 0.0180. The summed E-state index contributed by atoms with van der Waals surface area (Å²) >= 11 is 0. The van der Waals surface area contributed by atoms with Crippen molar-refractivity contribution >= 4 is 17.5 Å². The van der Waals surface area contributed by atoms with Crippen molar-refractivity contribution in [2.75, 3.05) is 38.2 Å². The number of benzene rings is 2. The Bertz CT molecular complexity index is 768. The molecule has 0 aliphatic carbocycles. The van der Waals surface area contributed by atoms with Crippen molar-refractivity contribution in [2.24, 2.45) is 0 Å². The molecule has 1 heterocycles. The van der Waals surface area contributed by atoms with Crippen LogP contribution in [0.4, 0.5) is 5.69 Å². The predicted octanol–water partition coefficient (Wildman–Crippen LogP) is 2.81. The van der Waals surface area contributed by atoms with Crippen molar-refractivity contribution in [1.29, 1.82) is 0 Å². The Hall–Kier alpha value is -2.86. The van der Waals surface area contributed by atoms with Crippen LogP contribution in [0.5, 0.6) is 5.75 Å². The molecule has 2 amide bonds. The number of carbonyl (C=O) groups is 2. The van der Waals surface area contributed by atoms with Gasteiger partial charge in [0.05, 0.1) is 19.8 Å². The van der Waals surface area contributed by atoms with E-state index in [0.717, 1.165) is 0 Å². The molecule has 1 aliphatic rings. The monoisotopic (exact) mass is 354 g/mol. The molecule has 0 saturated carbocycles. The number of nitrogens with zero attached hydrogens (tertiary/aromatic N) is 1. The number of rotatable bonds is 5. The molecule has 2 aromatic rings. The predicted molar refractivity (Wildman–Crippen MR) is 98.7 cm³/mol. The van der Waals surface area contributed by atoms with Crippen molar-refractivity contribution in [3.05, 3.63) is 59.7 Å². The van der Waals surface area contributed by atoms with Gasteiger partial charge < -0.3 is 19.7 Å². The van der Waals surface area contributed by atoms with E-state index in [2.05, 4.69) is 5.32 Å². The van der Waals surface area contributed by atoms with Crippen molar-refractivity contribution in [3.8, 4) is 5.75 Å². The molecule has 0 spiro atoms.